The SMILES string of the molecule is O=C(CCN1CCN(Cc2ccc3c(c2)OCO3)CC1)Nc1cccc([N+](=O)[O-])c1. The van der Waals surface area contributed by atoms with Crippen LogP contribution in [0.15, 0.2) is 42.5 Å². The molecule has 0 atom stereocenters. The molecule has 1 N–H and O–H groups in total. The highest BCUT2D eigenvalue weighted by molar-refractivity contribution is 5.91. The Hall–Kier alpha value is -3.17. The highest BCUT2D eigenvalue weighted by Crippen LogP contribution is 2.32. The summed E-state index contributed by atoms with van der Waals surface area (Å²) >= 11 is 0. The number of rotatable bonds is 7. The minimum Gasteiger partial charge on any atom is -0.454 e. The van der Waals surface area contributed by atoms with E-state index in [-0.39, 0.29) is 18.4 Å². The first-order valence-corrected chi connectivity index (χ1v) is 9.94. The van der Waals surface area contributed by atoms with Crippen LogP contribution in [0.25, 0.3) is 0 Å². The van der Waals surface area contributed by atoms with Crippen LogP contribution in [0.5, 0.6) is 11.5 Å². The molecule has 4 rings (SSSR count). The molecule has 2 aromatic carbocycles. The Morgan fingerprint density at radius 3 is 2.60 bits per heavy atom. The molecule has 1 fully saturated rings. The highest BCUT2D eigenvalue weighted by atomic mass is 16.7. The van der Waals surface area contributed by atoms with Gasteiger partial charge in [-0.15, -0.1) is 0 Å². The minimum atomic E-state index is -0.473. The summed E-state index contributed by atoms with van der Waals surface area (Å²) in [5.74, 6) is 1.46. The molecule has 0 radical (unpaired) electrons. The maximum atomic E-state index is 12.2. The summed E-state index contributed by atoms with van der Waals surface area (Å²) in [5.41, 5.74) is 1.61. The van der Waals surface area contributed by atoms with Gasteiger partial charge in [-0.05, 0) is 23.8 Å². The minimum absolute atomic E-state index is 0.0358. The molecule has 0 bridgehead atoms. The normalized spacial score (nSPS) is 16.4. The van der Waals surface area contributed by atoms with Crippen LogP contribution in [0, 0.1) is 10.1 Å². The van der Waals surface area contributed by atoms with Crippen LogP contribution in [0.2, 0.25) is 0 Å². The molecule has 0 unspecified atom stereocenters. The van der Waals surface area contributed by atoms with E-state index in [9.17, 15) is 14.9 Å². The van der Waals surface area contributed by atoms with Crippen molar-refractivity contribution >= 4 is 17.3 Å². The zero-order chi connectivity index (χ0) is 20.9. The number of nitro groups is 1. The van der Waals surface area contributed by atoms with Crippen molar-refractivity contribution in [2.24, 2.45) is 0 Å². The third kappa shape index (κ3) is 5.05. The van der Waals surface area contributed by atoms with Gasteiger partial charge >= 0.3 is 0 Å². The number of fused-ring (bicyclic) bond motifs is 1. The summed E-state index contributed by atoms with van der Waals surface area (Å²) in [6.45, 7) is 5.47. The smallest absolute Gasteiger partial charge is 0.271 e. The number of carbonyl (C=O) groups excluding carboxylic acids is 1. The number of benzene rings is 2. The van der Waals surface area contributed by atoms with Gasteiger partial charge in [0.05, 0.1) is 4.92 Å². The van der Waals surface area contributed by atoms with Gasteiger partial charge in [0, 0.05) is 63.5 Å². The highest BCUT2D eigenvalue weighted by Gasteiger charge is 2.19. The van der Waals surface area contributed by atoms with Crippen LogP contribution in [0.1, 0.15) is 12.0 Å². The molecule has 30 heavy (non-hydrogen) atoms. The van der Waals surface area contributed by atoms with Gasteiger partial charge in [-0.2, -0.15) is 0 Å². The first-order valence-electron chi connectivity index (χ1n) is 9.94. The van der Waals surface area contributed by atoms with Gasteiger partial charge < -0.3 is 19.7 Å². The fourth-order valence-electron chi connectivity index (χ4n) is 3.65. The van der Waals surface area contributed by atoms with Crippen molar-refractivity contribution in [3.63, 3.8) is 0 Å². The van der Waals surface area contributed by atoms with Crippen LogP contribution in [-0.2, 0) is 11.3 Å². The average molecular weight is 412 g/mol. The van der Waals surface area contributed by atoms with Gasteiger partial charge in [0.25, 0.3) is 5.69 Å². The monoisotopic (exact) mass is 412 g/mol. The van der Waals surface area contributed by atoms with E-state index in [2.05, 4.69) is 21.2 Å². The number of carbonyl (C=O) groups is 1. The number of anilines is 1. The molecule has 158 valence electrons. The number of piperazine rings is 1. The molecule has 2 heterocycles. The molecule has 0 aliphatic carbocycles. The number of amides is 1. The lowest BCUT2D eigenvalue weighted by molar-refractivity contribution is -0.384. The summed E-state index contributed by atoms with van der Waals surface area (Å²) < 4.78 is 10.8. The molecule has 2 aliphatic heterocycles. The zero-order valence-corrected chi connectivity index (χ0v) is 16.6. The second-order valence-electron chi connectivity index (χ2n) is 7.41. The Morgan fingerprint density at radius 2 is 1.80 bits per heavy atom. The van der Waals surface area contributed by atoms with Crippen LogP contribution in [0.3, 0.4) is 0 Å². The quantitative estimate of drug-likeness (QED) is 0.551. The summed E-state index contributed by atoms with van der Waals surface area (Å²) in [4.78, 5) is 27.2. The molecule has 1 amide bonds. The fourth-order valence-corrected chi connectivity index (χ4v) is 3.65. The first-order chi connectivity index (χ1) is 14.6. The van der Waals surface area contributed by atoms with Crippen molar-refractivity contribution < 1.29 is 19.2 Å². The van der Waals surface area contributed by atoms with Crippen LogP contribution in [0.4, 0.5) is 11.4 Å². The molecule has 1 saturated heterocycles. The summed E-state index contributed by atoms with van der Waals surface area (Å²) in [6, 6.07) is 12.0. The van der Waals surface area contributed by atoms with Gasteiger partial charge in [0.2, 0.25) is 12.7 Å². The van der Waals surface area contributed by atoms with Gasteiger partial charge in [-0.25, -0.2) is 0 Å². The molecule has 9 nitrogen and oxygen atoms in total. The van der Waals surface area contributed by atoms with E-state index in [0.717, 1.165) is 44.2 Å². The summed E-state index contributed by atoms with van der Waals surface area (Å²) in [7, 11) is 0. The predicted molar refractivity (Wildman–Crippen MR) is 111 cm³/mol. The molecule has 9 heteroatoms. The fraction of sp³-hybridized carbons (Fsp3) is 0.381. The van der Waals surface area contributed by atoms with E-state index in [4.69, 9.17) is 9.47 Å². The molecule has 0 spiro atoms. The number of nitro benzene ring substituents is 1. The van der Waals surface area contributed by atoms with E-state index < -0.39 is 4.92 Å². The standard InChI is InChI=1S/C21H24N4O5/c26-21(22-17-2-1-3-18(13-17)25(27)28)6-7-23-8-10-24(11-9-23)14-16-4-5-19-20(12-16)30-15-29-19/h1-5,12-13H,6-11,14-15H2,(H,22,26). The Kier molecular flexibility index (Phi) is 6.10. The number of ether oxygens (including phenoxy) is 2. The second-order valence-corrected chi connectivity index (χ2v) is 7.41. The molecule has 2 aromatic rings. The van der Waals surface area contributed by atoms with Crippen molar-refractivity contribution in [2.45, 2.75) is 13.0 Å². The van der Waals surface area contributed by atoms with Crippen LogP contribution < -0.4 is 14.8 Å². The van der Waals surface area contributed by atoms with Crippen molar-refractivity contribution in [3.05, 3.63) is 58.1 Å². The number of nitrogens with zero attached hydrogens (tertiary/aromatic N) is 3. The van der Waals surface area contributed by atoms with Gasteiger partial charge in [0.1, 0.15) is 0 Å². The lowest BCUT2D eigenvalue weighted by Crippen LogP contribution is -2.46. The molecule has 0 aromatic heterocycles. The van der Waals surface area contributed by atoms with Crippen LogP contribution >= 0.6 is 0 Å². The average Bonchev–Trinajstić information content (AvgIpc) is 3.21. The lowest BCUT2D eigenvalue weighted by Gasteiger charge is -2.34. The second kappa shape index (κ2) is 9.10. The predicted octanol–water partition coefficient (Wildman–Crippen LogP) is 2.47. The summed E-state index contributed by atoms with van der Waals surface area (Å²) in [5, 5.41) is 13.6. The number of non-ortho nitro benzene ring substituents is 1. The van der Waals surface area contributed by atoms with Gasteiger partial charge in [0.15, 0.2) is 11.5 Å². The Morgan fingerprint density at radius 1 is 1.03 bits per heavy atom. The largest absolute Gasteiger partial charge is 0.454 e. The molecular formula is C21H24N4O5. The maximum absolute atomic E-state index is 12.2. The number of nitrogens with one attached hydrogen (secondary N) is 1. The topological polar surface area (TPSA) is 97.2 Å². The number of hydrogen-bond donors (Lipinski definition) is 1. The third-order valence-corrected chi connectivity index (χ3v) is 5.30. The zero-order valence-electron chi connectivity index (χ0n) is 16.6. The van der Waals surface area contributed by atoms with Crippen molar-refractivity contribution in [1.29, 1.82) is 0 Å². The molecule has 2 aliphatic rings. The van der Waals surface area contributed by atoms with Gasteiger partial charge in [-0.3, -0.25) is 19.8 Å². The van der Waals surface area contributed by atoms with E-state index in [0.29, 0.717) is 18.7 Å². The van der Waals surface area contributed by atoms with Gasteiger partial charge in [-0.1, -0.05) is 12.1 Å². The van der Waals surface area contributed by atoms with Crippen molar-refractivity contribution in [2.75, 3.05) is 44.8 Å². The molecular weight excluding hydrogens is 388 g/mol. The Balaban J connectivity index is 1.19. The van der Waals surface area contributed by atoms with Crippen LogP contribution in [-0.4, -0.2) is 60.1 Å². The number of hydrogen-bond acceptors (Lipinski definition) is 7. The van der Waals surface area contributed by atoms with E-state index in [1.807, 2.05) is 12.1 Å². The molecule has 0 saturated carbocycles. The Labute approximate surface area is 174 Å². The maximum Gasteiger partial charge on any atom is 0.271 e. The van der Waals surface area contributed by atoms with E-state index >= 15 is 0 Å². The van der Waals surface area contributed by atoms with E-state index in [1.165, 1.54) is 17.7 Å². The van der Waals surface area contributed by atoms with Crippen molar-refractivity contribution in [3.8, 4) is 11.5 Å². The third-order valence-electron chi connectivity index (χ3n) is 5.30. The summed E-state index contributed by atoms with van der Waals surface area (Å²) in [6.07, 6.45) is 0.352. The van der Waals surface area contributed by atoms with Crippen molar-refractivity contribution in [1.82, 2.24) is 9.80 Å². The van der Waals surface area contributed by atoms with E-state index in [1.54, 1.807) is 12.1 Å². The Bertz CT molecular complexity index is 927. The first kappa shape index (κ1) is 20.1. The lowest BCUT2D eigenvalue weighted by atomic mass is 10.1.